The summed E-state index contributed by atoms with van der Waals surface area (Å²) in [5, 5.41) is 8.25. The molecule has 1 N–H and O–H groups in total. The van der Waals surface area contributed by atoms with Crippen molar-refractivity contribution in [2.24, 2.45) is 0 Å². The molecular formula is C9H10O3. The number of benzene rings is 1. The summed E-state index contributed by atoms with van der Waals surface area (Å²) < 4.78 is 0. The van der Waals surface area contributed by atoms with Crippen LogP contribution in [0.25, 0.3) is 0 Å². The second kappa shape index (κ2) is 4.51. The number of aldehydes is 1. The second-order valence-electron chi connectivity index (χ2n) is 2.44. The molecule has 0 fully saturated rings. The molecule has 1 aromatic rings. The van der Waals surface area contributed by atoms with Crippen molar-refractivity contribution in [1.29, 1.82) is 0 Å². The largest absolute Gasteiger partial charge is 0.340 e. The fourth-order valence-corrected chi connectivity index (χ4v) is 0.943. The first-order valence-corrected chi connectivity index (χ1v) is 3.71. The lowest BCUT2D eigenvalue weighted by molar-refractivity contribution is -0.137. The van der Waals surface area contributed by atoms with E-state index in [1.54, 1.807) is 12.1 Å². The first-order chi connectivity index (χ1) is 5.86. The van der Waals surface area contributed by atoms with Gasteiger partial charge in [-0.2, -0.15) is 0 Å². The average molecular weight is 166 g/mol. The van der Waals surface area contributed by atoms with Crippen molar-refractivity contribution in [1.82, 2.24) is 0 Å². The first kappa shape index (κ1) is 8.74. The van der Waals surface area contributed by atoms with Crippen LogP contribution in [0.15, 0.2) is 24.3 Å². The lowest BCUT2D eigenvalue weighted by Gasteiger charge is -1.98. The molecule has 3 heteroatoms. The molecule has 0 aliphatic heterocycles. The highest BCUT2D eigenvalue weighted by molar-refractivity contribution is 5.50. The molecule has 0 unspecified atom stereocenters. The topological polar surface area (TPSA) is 46.5 Å². The molecule has 3 nitrogen and oxygen atoms in total. The van der Waals surface area contributed by atoms with Crippen LogP contribution in [0.2, 0.25) is 0 Å². The number of aryl methyl sites for hydroxylation is 1. The minimum Gasteiger partial charge on any atom is -0.340 e. The highest BCUT2D eigenvalue weighted by atomic mass is 17.1. The summed E-state index contributed by atoms with van der Waals surface area (Å²) in [4.78, 5) is 14.0. The van der Waals surface area contributed by atoms with Gasteiger partial charge < -0.3 is 9.68 Å². The van der Waals surface area contributed by atoms with Gasteiger partial charge in [0.25, 0.3) is 0 Å². The Hall–Kier alpha value is -1.35. The average Bonchev–Trinajstić information content (AvgIpc) is 2.15. The van der Waals surface area contributed by atoms with E-state index < -0.39 is 0 Å². The van der Waals surface area contributed by atoms with E-state index in [-0.39, 0.29) is 0 Å². The minimum atomic E-state index is 0.407. The maximum atomic E-state index is 10.0. The van der Waals surface area contributed by atoms with Crippen molar-refractivity contribution < 1.29 is 14.9 Å². The summed E-state index contributed by atoms with van der Waals surface area (Å²) in [6.07, 6.45) is 2.14. The smallest absolute Gasteiger partial charge is 0.165 e. The summed E-state index contributed by atoms with van der Waals surface area (Å²) in [6.45, 7) is 0. The quantitative estimate of drug-likeness (QED) is 0.420. The van der Waals surface area contributed by atoms with E-state index in [1.165, 1.54) is 0 Å². The van der Waals surface area contributed by atoms with E-state index in [4.69, 9.17) is 5.26 Å². The van der Waals surface area contributed by atoms with Crippen LogP contribution in [0.5, 0.6) is 5.75 Å². The Morgan fingerprint density at radius 3 is 2.50 bits per heavy atom. The van der Waals surface area contributed by atoms with Crippen molar-refractivity contribution >= 4 is 6.29 Å². The number of hydrogen-bond acceptors (Lipinski definition) is 3. The van der Waals surface area contributed by atoms with Crippen LogP contribution in [0.3, 0.4) is 0 Å². The Balaban J connectivity index is 2.58. The normalized spacial score (nSPS) is 9.42. The van der Waals surface area contributed by atoms with Gasteiger partial charge in [0.1, 0.15) is 6.29 Å². The predicted molar refractivity (Wildman–Crippen MR) is 44.1 cm³/mol. The third-order valence-electron chi connectivity index (χ3n) is 1.58. The first-order valence-electron chi connectivity index (χ1n) is 3.71. The number of rotatable bonds is 4. The van der Waals surface area contributed by atoms with Crippen LogP contribution >= 0.6 is 0 Å². The lowest BCUT2D eigenvalue weighted by Crippen LogP contribution is -1.87. The third-order valence-corrected chi connectivity index (χ3v) is 1.58. The van der Waals surface area contributed by atoms with Gasteiger partial charge in [-0.15, -0.1) is 0 Å². The van der Waals surface area contributed by atoms with Crippen LogP contribution < -0.4 is 4.89 Å². The van der Waals surface area contributed by atoms with Gasteiger partial charge >= 0.3 is 0 Å². The van der Waals surface area contributed by atoms with Gasteiger partial charge in [0, 0.05) is 6.42 Å². The van der Waals surface area contributed by atoms with Gasteiger partial charge in [-0.25, -0.2) is 5.26 Å². The zero-order chi connectivity index (χ0) is 8.81. The maximum Gasteiger partial charge on any atom is 0.165 e. The van der Waals surface area contributed by atoms with Gasteiger partial charge in [0.15, 0.2) is 5.75 Å². The van der Waals surface area contributed by atoms with Crippen LogP contribution in [-0.4, -0.2) is 11.5 Å². The van der Waals surface area contributed by atoms with E-state index in [0.29, 0.717) is 12.2 Å². The molecule has 0 aromatic heterocycles. The molecule has 1 aromatic carbocycles. The van der Waals surface area contributed by atoms with Crippen LogP contribution in [0.1, 0.15) is 12.0 Å². The highest BCUT2D eigenvalue weighted by Gasteiger charge is 1.93. The van der Waals surface area contributed by atoms with Crippen LogP contribution in [0, 0.1) is 0 Å². The van der Waals surface area contributed by atoms with Gasteiger partial charge in [-0.05, 0) is 24.1 Å². The molecule has 0 spiro atoms. The van der Waals surface area contributed by atoms with Gasteiger partial charge in [-0.3, -0.25) is 0 Å². The fourth-order valence-electron chi connectivity index (χ4n) is 0.943. The SMILES string of the molecule is O=CCCc1ccc(OO)cc1. The van der Waals surface area contributed by atoms with Crippen molar-refractivity contribution in [3.63, 3.8) is 0 Å². The molecular weight excluding hydrogens is 156 g/mol. The maximum absolute atomic E-state index is 10.0. The predicted octanol–water partition coefficient (Wildman–Crippen LogP) is 1.67. The Kier molecular flexibility index (Phi) is 3.29. The number of carbonyl (C=O) groups excluding carboxylic acids is 1. The van der Waals surface area contributed by atoms with Gasteiger partial charge in [0.2, 0.25) is 0 Å². The molecule has 0 radical (unpaired) electrons. The lowest BCUT2D eigenvalue weighted by atomic mass is 10.1. The monoisotopic (exact) mass is 166 g/mol. The number of hydrogen-bond donors (Lipinski definition) is 1. The summed E-state index contributed by atoms with van der Waals surface area (Å²) in [5.41, 5.74) is 1.06. The van der Waals surface area contributed by atoms with E-state index in [1.807, 2.05) is 12.1 Å². The van der Waals surface area contributed by atoms with Crippen molar-refractivity contribution in [3.8, 4) is 5.75 Å². The summed E-state index contributed by atoms with van der Waals surface area (Å²) in [7, 11) is 0. The zero-order valence-corrected chi connectivity index (χ0v) is 6.56. The molecule has 0 saturated carbocycles. The Labute approximate surface area is 70.5 Å². The van der Waals surface area contributed by atoms with E-state index in [9.17, 15) is 4.79 Å². The van der Waals surface area contributed by atoms with Crippen molar-refractivity contribution in [3.05, 3.63) is 29.8 Å². The molecule has 64 valence electrons. The third kappa shape index (κ3) is 2.36. The molecule has 0 aliphatic carbocycles. The zero-order valence-electron chi connectivity index (χ0n) is 6.56. The molecule has 12 heavy (non-hydrogen) atoms. The van der Waals surface area contributed by atoms with E-state index in [2.05, 4.69) is 4.89 Å². The Morgan fingerprint density at radius 2 is 2.00 bits per heavy atom. The highest BCUT2D eigenvalue weighted by Crippen LogP contribution is 2.11. The second-order valence-corrected chi connectivity index (χ2v) is 2.44. The number of carbonyl (C=O) groups is 1. The molecule has 0 amide bonds. The minimum absolute atomic E-state index is 0.407. The molecule has 0 atom stereocenters. The van der Waals surface area contributed by atoms with Crippen LogP contribution in [0.4, 0.5) is 0 Å². The molecule has 1 rings (SSSR count). The Bertz CT molecular complexity index is 240. The van der Waals surface area contributed by atoms with E-state index >= 15 is 0 Å². The molecule has 0 heterocycles. The Morgan fingerprint density at radius 1 is 1.33 bits per heavy atom. The summed E-state index contributed by atoms with van der Waals surface area (Å²) in [5.74, 6) is 0.407. The fraction of sp³-hybridized carbons (Fsp3) is 0.222. The molecule has 0 aliphatic rings. The van der Waals surface area contributed by atoms with Crippen molar-refractivity contribution in [2.75, 3.05) is 0 Å². The van der Waals surface area contributed by atoms with Gasteiger partial charge in [0.05, 0.1) is 0 Å². The van der Waals surface area contributed by atoms with E-state index in [0.717, 1.165) is 18.3 Å². The standard InChI is InChI=1S/C9H10O3/c10-7-1-2-8-3-5-9(12-11)6-4-8/h3-7,11H,1-2H2. The van der Waals surface area contributed by atoms with Gasteiger partial charge in [-0.1, -0.05) is 12.1 Å². The molecule has 0 bridgehead atoms. The van der Waals surface area contributed by atoms with Crippen LogP contribution in [-0.2, 0) is 11.2 Å². The molecule has 0 saturated heterocycles. The van der Waals surface area contributed by atoms with Crippen molar-refractivity contribution in [2.45, 2.75) is 12.8 Å². The summed E-state index contributed by atoms with van der Waals surface area (Å²) in [6, 6.07) is 6.93. The summed E-state index contributed by atoms with van der Waals surface area (Å²) >= 11 is 0.